The van der Waals surface area contributed by atoms with Gasteiger partial charge < -0.3 is 14.2 Å². The molecule has 7 nitrogen and oxygen atoms in total. The zero-order valence-electron chi connectivity index (χ0n) is 14.6. The normalized spacial score (nSPS) is 14.4. The number of carbonyl (C=O) groups is 2. The minimum absolute atomic E-state index is 0.0356. The first-order valence-corrected chi connectivity index (χ1v) is 9.53. The van der Waals surface area contributed by atoms with E-state index in [0.717, 1.165) is 16.3 Å². The Labute approximate surface area is 160 Å². The van der Waals surface area contributed by atoms with E-state index in [0.29, 0.717) is 31.7 Å². The third-order valence-electron chi connectivity index (χ3n) is 4.48. The molecule has 1 aliphatic heterocycles. The van der Waals surface area contributed by atoms with E-state index in [-0.39, 0.29) is 18.2 Å². The van der Waals surface area contributed by atoms with Crippen molar-refractivity contribution < 1.29 is 14.0 Å². The molecule has 0 aromatic carbocycles. The average Bonchev–Trinajstić information content (AvgIpc) is 3.40. The SMILES string of the molecule is O=C(Cc1csc(-c2cccnc2)n1)N1CCN(C(=O)c2ccoc2)CC1. The maximum Gasteiger partial charge on any atom is 0.257 e. The van der Waals surface area contributed by atoms with Gasteiger partial charge in [-0.2, -0.15) is 0 Å². The van der Waals surface area contributed by atoms with Gasteiger partial charge in [-0.25, -0.2) is 4.98 Å². The molecule has 4 heterocycles. The van der Waals surface area contributed by atoms with Crippen LogP contribution in [0.15, 0.2) is 52.9 Å². The Hall–Kier alpha value is -3.00. The predicted molar refractivity (Wildman–Crippen MR) is 100 cm³/mol. The first-order chi connectivity index (χ1) is 13.2. The molecule has 2 amide bonds. The smallest absolute Gasteiger partial charge is 0.257 e. The van der Waals surface area contributed by atoms with Crippen molar-refractivity contribution >= 4 is 23.2 Å². The Morgan fingerprint density at radius 1 is 1.15 bits per heavy atom. The molecule has 1 fully saturated rings. The van der Waals surface area contributed by atoms with Crippen LogP contribution in [0.2, 0.25) is 0 Å². The van der Waals surface area contributed by atoms with E-state index in [2.05, 4.69) is 9.97 Å². The van der Waals surface area contributed by atoms with Gasteiger partial charge in [-0.3, -0.25) is 14.6 Å². The number of aromatic nitrogens is 2. The van der Waals surface area contributed by atoms with Crippen molar-refractivity contribution in [3.05, 3.63) is 59.8 Å². The van der Waals surface area contributed by atoms with Crippen molar-refractivity contribution in [2.75, 3.05) is 26.2 Å². The highest BCUT2D eigenvalue weighted by molar-refractivity contribution is 7.13. The van der Waals surface area contributed by atoms with Crippen LogP contribution in [0, 0.1) is 0 Å². The highest BCUT2D eigenvalue weighted by Gasteiger charge is 2.25. The zero-order valence-corrected chi connectivity index (χ0v) is 15.4. The predicted octanol–water partition coefficient (Wildman–Crippen LogP) is 2.33. The second-order valence-electron chi connectivity index (χ2n) is 6.25. The van der Waals surface area contributed by atoms with Gasteiger partial charge in [0.25, 0.3) is 5.91 Å². The number of carbonyl (C=O) groups excluding carboxylic acids is 2. The second kappa shape index (κ2) is 7.71. The molecule has 0 bridgehead atoms. The van der Waals surface area contributed by atoms with Crippen LogP contribution in [0.3, 0.4) is 0 Å². The lowest BCUT2D eigenvalue weighted by atomic mass is 10.2. The molecule has 3 aromatic heterocycles. The van der Waals surface area contributed by atoms with Crippen LogP contribution in [0.5, 0.6) is 0 Å². The number of amides is 2. The van der Waals surface area contributed by atoms with Crippen molar-refractivity contribution in [1.29, 1.82) is 0 Å². The summed E-state index contributed by atoms with van der Waals surface area (Å²) in [4.78, 5) is 37.1. The summed E-state index contributed by atoms with van der Waals surface area (Å²) in [6.07, 6.45) is 6.69. The number of hydrogen-bond donors (Lipinski definition) is 0. The molecule has 0 radical (unpaired) electrons. The van der Waals surface area contributed by atoms with Crippen LogP contribution in [-0.4, -0.2) is 57.8 Å². The van der Waals surface area contributed by atoms with Gasteiger partial charge in [0.2, 0.25) is 5.91 Å². The van der Waals surface area contributed by atoms with Gasteiger partial charge in [0, 0.05) is 49.5 Å². The summed E-state index contributed by atoms with van der Waals surface area (Å²) in [7, 11) is 0. The van der Waals surface area contributed by atoms with Crippen LogP contribution < -0.4 is 0 Å². The third-order valence-corrected chi connectivity index (χ3v) is 5.42. The van der Waals surface area contributed by atoms with Gasteiger partial charge in [-0.05, 0) is 18.2 Å². The summed E-state index contributed by atoms with van der Waals surface area (Å²) in [5.74, 6) is -0.0232. The molecule has 3 aromatic rings. The largest absolute Gasteiger partial charge is 0.472 e. The standard InChI is InChI=1S/C19H18N4O3S/c24-17(10-16-13-27-18(21-16)14-2-1-4-20-11-14)22-5-7-23(8-6-22)19(25)15-3-9-26-12-15/h1-4,9,11-13H,5-8,10H2. The summed E-state index contributed by atoms with van der Waals surface area (Å²) in [5, 5.41) is 2.78. The quantitative estimate of drug-likeness (QED) is 0.692. The van der Waals surface area contributed by atoms with Gasteiger partial charge in [0.15, 0.2) is 0 Å². The lowest BCUT2D eigenvalue weighted by molar-refractivity contribution is -0.132. The van der Waals surface area contributed by atoms with Gasteiger partial charge >= 0.3 is 0 Å². The molecular weight excluding hydrogens is 364 g/mol. The van der Waals surface area contributed by atoms with E-state index in [1.165, 1.54) is 23.9 Å². The fourth-order valence-electron chi connectivity index (χ4n) is 3.00. The molecule has 1 saturated heterocycles. The molecule has 0 saturated carbocycles. The highest BCUT2D eigenvalue weighted by atomic mass is 32.1. The molecule has 0 unspecified atom stereocenters. The molecule has 27 heavy (non-hydrogen) atoms. The topological polar surface area (TPSA) is 79.5 Å². The highest BCUT2D eigenvalue weighted by Crippen LogP contribution is 2.23. The Bertz CT molecular complexity index is 916. The number of hydrogen-bond acceptors (Lipinski definition) is 6. The average molecular weight is 382 g/mol. The molecule has 0 spiro atoms. The Kier molecular flexibility index (Phi) is 4.97. The lowest BCUT2D eigenvalue weighted by Gasteiger charge is -2.34. The number of rotatable bonds is 4. The second-order valence-corrected chi connectivity index (χ2v) is 7.11. The molecule has 1 aliphatic rings. The Morgan fingerprint density at radius 2 is 1.96 bits per heavy atom. The number of nitrogens with zero attached hydrogens (tertiary/aromatic N) is 4. The minimum atomic E-state index is -0.0588. The first kappa shape index (κ1) is 17.4. The third kappa shape index (κ3) is 3.90. The van der Waals surface area contributed by atoms with Crippen LogP contribution in [0.4, 0.5) is 0 Å². The van der Waals surface area contributed by atoms with E-state index < -0.39 is 0 Å². The number of piperazine rings is 1. The maximum atomic E-state index is 12.6. The molecule has 0 aliphatic carbocycles. The molecule has 0 N–H and O–H groups in total. The Morgan fingerprint density at radius 3 is 2.67 bits per heavy atom. The van der Waals surface area contributed by atoms with Gasteiger partial charge in [0.1, 0.15) is 11.3 Å². The number of pyridine rings is 1. The minimum Gasteiger partial charge on any atom is -0.472 e. The van der Waals surface area contributed by atoms with E-state index in [1.807, 2.05) is 17.5 Å². The molecule has 0 atom stereocenters. The van der Waals surface area contributed by atoms with Gasteiger partial charge in [0.05, 0.1) is 23.9 Å². The van der Waals surface area contributed by atoms with Crippen LogP contribution in [0.25, 0.3) is 10.6 Å². The Balaban J connectivity index is 1.32. The summed E-state index contributed by atoms with van der Waals surface area (Å²) in [6.45, 7) is 2.10. The monoisotopic (exact) mass is 382 g/mol. The van der Waals surface area contributed by atoms with Crippen molar-refractivity contribution in [2.45, 2.75) is 6.42 Å². The summed E-state index contributed by atoms with van der Waals surface area (Å²) < 4.78 is 4.96. The molecule has 138 valence electrons. The van der Waals surface area contributed by atoms with Crippen LogP contribution >= 0.6 is 11.3 Å². The van der Waals surface area contributed by atoms with E-state index in [1.54, 1.807) is 28.3 Å². The maximum absolute atomic E-state index is 12.6. The van der Waals surface area contributed by atoms with Gasteiger partial charge in [-0.1, -0.05) is 0 Å². The fourth-order valence-corrected chi connectivity index (χ4v) is 3.81. The van der Waals surface area contributed by atoms with E-state index in [4.69, 9.17) is 4.42 Å². The van der Waals surface area contributed by atoms with E-state index >= 15 is 0 Å². The number of thiazole rings is 1. The van der Waals surface area contributed by atoms with Crippen molar-refractivity contribution in [1.82, 2.24) is 19.8 Å². The van der Waals surface area contributed by atoms with Gasteiger partial charge in [-0.15, -0.1) is 11.3 Å². The lowest BCUT2D eigenvalue weighted by Crippen LogP contribution is -2.50. The van der Waals surface area contributed by atoms with Crippen molar-refractivity contribution in [3.8, 4) is 10.6 Å². The van der Waals surface area contributed by atoms with E-state index in [9.17, 15) is 9.59 Å². The zero-order chi connectivity index (χ0) is 18.6. The number of furan rings is 1. The summed E-state index contributed by atoms with van der Waals surface area (Å²) >= 11 is 1.51. The fraction of sp³-hybridized carbons (Fsp3) is 0.263. The van der Waals surface area contributed by atoms with Crippen molar-refractivity contribution in [3.63, 3.8) is 0 Å². The van der Waals surface area contributed by atoms with Crippen LogP contribution in [-0.2, 0) is 11.2 Å². The summed E-state index contributed by atoms with van der Waals surface area (Å²) in [5.41, 5.74) is 2.26. The van der Waals surface area contributed by atoms with Crippen molar-refractivity contribution in [2.24, 2.45) is 0 Å². The summed E-state index contributed by atoms with van der Waals surface area (Å²) in [6, 6.07) is 5.47. The molecular formula is C19H18N4O3S. The molecule has 8 heteroatoms. The van der Waals surface area contributed by atoms with Crippen LogP contribution in [0.1, 0.15) is 16.1 Å². The first-order valence-electron chi connectivity index (χ1n) is 8.65. The molecule has 4 rings (SSSR count).